The van der Waals surface area contributed by atoms with Crippen LogP contribution in [0.5, 0.6) is 0 Å². The van der Waals surface area contributed by atoms with Gasteiger partial charge in [-0.25, -0.2) is 9.38 Å². The lowest BCUT2D eigenvalue weighted by Gasteiger charge is -2.12. The molecule has 0 aliphatic carbocycles. The van der Waals surface area contributed by atoms with Gasteiger partial charge in [0, 0.05) is 21.2 Å². The van der Waals surface area contributed by atoms with E-state index < -0.39 is 22.9 Å². The molecule has 2 amide bonds. The van der Waals surface area contributed by atoms with E-state index in [1.807, 2.05) is 42.5 Å². The van der Waals surface area contributed by atoms with Crippen LogP contribution in [0.2, 0.25) is 0 Å². The molecule has 9 heteroatoms. The molecule has 184 valence electrons. The van der Waals surface area contributed by atoms with Gasteiger partial charge in [0.15, 0.2) is 0 Å². The van der Waals surface area contributed by atoms with Crippen LogP contribution >= 0.6 is 27.7 Å². The molecule has 0 aromatic heterocycles. The number of thioether (sulfide) groups is 1. The first kappa shape index (κ1) is 24.7. The van der Waals surface area contributed by atoms with Crippen LogP contribution in [0.25, 0.3) is 10.8 Å². The van der Waals surface area contributed by atoms with Crippen LogP contribution in [0.3, 0.4) is 0 Å². The fraction of sp³-hybridized carbons (Fsp3) is 0.0357. The molecule has 1 unspecified atom stereocenters. The van der Waals surface area contributed by atoms with Gasteiger partial charge in [0.1, 0.15) is 21.8 Å². The predicted molar refractivity (Wildman–Crippen MR) is 151 cm³/mol. The highest BCUT2D eigenvalue weighted by Gasteiger charge is 2.39. The van der Waals surface area contributed by atoms with E-state index >= 15 is 0 Å². The lowest BCUT2D eigenvalue weighted by Crippen LogP contribution is -2.29. The van der Waals surface area contributed by atoms with E-state index in [1.54, 1.807) is 36.4 Å². The van der Waals surface area contributed by atoms with Gasteiger partial charge in [0.2, 0.25) is 5.91 Å². The zero-order chi connectivity index (χ0) is 25.9. The minimum atomic E-state index is -0.939. The molecular formula is C28H20BrFN4O2S. The molecule has 0 radical (unpaired) electrons. The van der Waals surface area contributed by atoms with Crippen molar-refractivity contribution in [2.75, 3.05) is 10.6 Å². The van der Waals surface area contributed by atoms with Crippen molar-refractivity contribution in [1.29, 1.82) is 0 Å². The van der Waals surface area contributed by atoms with Crippen molar-refractivity contribution in [3.8, 4) is 0 Å². The average Bonchev–Trinajstić information content (AvgIpc) is 3.22. The summed E-state index contributed by atoms with van der Waals surface area (Å²) in [5.41, 5.74) is 7.68. The molecule has 4 aromatic carbocycles. The third-order valence-corrected chi connectivity index (χ3v) is 7.64. The molecule has 0 spiro atoms. The van der Waals surface area contributed by atoms with Crippen LogP contribution in [0.4, 0.5) is 21.5 Å². The quantitative estimate of drug-likeness (QED) is 0.258. The number of hydrogen-bond acceptors (Lipinski definition) is 5. The highest BCUT2D eigenvalue weighted by Crippen LogP contribution is 2.37. The maximum absolute atomic E-state index is 14.4. The van der Waals surface area contributed by atoms with Crippen molar-refractivity contribution in [2.24, 2.45) is 10.7 Å². The summed E-state index contributed by atoms with van der Waals surface area (Å²) < 4.78 is 15.1. The second kappa shape index (κ2) is 10.6. The van der Waals surface area contributed by atoms with Gasteiger partial charge in [-0.3, -0.25) is 9.59 Å². The number of anilines is 2. The molecule has 4 N–H and O–H groups in total. The van der Waals surface area contributed by atoms with Gasteiger partial charge in [0.05, 0.1) is 11.3 Å². The summed E-state index contributed by atoms with van der Waals surface area (Å²) in [6, 6.07) is 26.3. The number of benzene rings is 4. The number of halogens is 2. The van der Waals surface area contributed by atoms with E-state index in [1.165, 1.54) is 12.1 Å². The maximum Gasteiger partial charge on any atom is 0.260 e. The first-order valence-corrected chi connectivity index (χ1v) is 12.9. The van der Waals surface area contributed by atoms with Gasteiger partial charge >= 0.3 is 0 Å². The Morgan fingerprint density at radius 1 is 0.865 bits per heavy atom. The van der Waals surface area contributed by atoms with Crippen molar-refractivity contribution in [3.05, 3.63) is 113 Å². The van der Waals surface area contributed by atoms with E-state index in [4.69, 9.17) is 5.73 Å². The summed E-state index contributed by atoms with van der Waals surface area (Å²) in [6.45, 7) is 0. The second-order valence-corrected chi connectivity index (χ2v) is 10.1. The highest BCUT2D eigenvalue weighted by atomic mass is 79.9. The number of rotatable bonds is 5. The van der Waals surface area contributed by atoms with Crippen molar-refractivity contribution in [2.45, 2.75) is 5.25 Å². The lowest BCUT2D eigenvalue weighted by molar-refractivity contribution is -0.115. The minimum Gasteiger partial charge on any atom is -0.400 e. The van der Waals surface area contributed by atoms with E-state index in [-0.39, 0.29) is 22.0 Å². The number of fused-ring (bicyclic) bond motifs is 1. The monoisotopic (exact) mass is 574 g/mol. The van der Waals surface area contributed by atoms with Crippen LogP contribution < -0.4 is 16.4 Å². The van der Waals surface area contributed by atoms with Gasteiger partial charge in [-0.2, -0.15) is 0 Å². The first-order chi connectivity index (χ1) is 17.9. The number of para-hydroxylation sites is 2. The third-order valence-electron chi connectivity index (χ3n) is 5.72. The zero-order valence-corrected chi connectivity index (χ0v) is 21.6. The first-order valence-electron chi connectivity index (χ1n) is 11.3. The van der Waals surface area contributed by atoms with Crippen LogP contribution in [0, 0.1) is 5.82 Å². The largest absolute Gasteiger partial charge is 0.400 e. The molecule has 6 nitrogen and oxygen atoms in total. The predicted octanol–water partition coefficient (Wildman–Crippen LogP) is 6.38. The normalized spacial score (nSPS) is 16.3. The third kappa shape index (κ3) is 5.14. The molecule has 1 aliphatic heterocycles. The molecule has 1 aliphatic rings. The van der Waals surface area contributed by atoms with Crippen molar-refractivity contribution in [3.63, 3.8) is 0 Å². The number of carbonyl (C=O) groups is 2. The molecule has 37 heavy (non-hydrogen) atoms. The molecule has 1 atom stereocenters. The fourth-order valence-electron chi connectivity index (χ4n) is 3.93. The molecule has 0 saturated carbocycles. The number of nitrogens with one attached hydrogen (secondary N) is 2. The SMILES string of the molecule is NC1=C(C(=O)Nc2cccc3ccccc23)C(=Nc2ccccc2F)SC1C(=O)Nc1ccccc1Br. The zero-order valence-electron chi connectivity index (χ0n) is 19.2. The van der Waals surface area contributed by atoms with Crippen LogP contribution in [0.15, 0.2) is 112 Å². The summed E-state index contributed by atoms with van der Waals surface area (Å²) in [6.07, 6.45) is 0. The molecule has 0 bridgehead atoms. The van der Waals surface area contributed by atoms with E-state index in [0.29, 0.717) is 15.8 Å². The van der Waals surface area contributed by atoms with E-state index in [2.05, 4.69) is 31.6 Å². The Hall–Kier alpha value is -3.95. The Morgan fingerprint density at radius 2 is 1.54 bits per heavy atom. The molecule has 1 heterocycles. The van der Waals surface area contributed by atoms with Crippen molar-refractivity contribution in [1.82, 2.24) is 0 Å². The van der Waals surface area contributed by atoms with Crippen LogP contribution in [0.1, 0.15) is 0 Å². The summed E-state index contributed by atoms with van der Waals surface area (Å²) in [4.78, 5) is 31.2. The van der Waals surface area contributed by atoms with Gasteiger partial charge in [-0.15, -0.1) is 0 Å². The Balaban J connectivity index is 1.52. The number of nitrogens with two attached hydrogens (primary N) is 1. The summed E-state index contributed by atoms with van der Waals surface area (Å²) >= 11 is 4.41. The second-order valence-electron chi connectivity index (χ2n) is 8.15. The number of carbonyl (C=O) groups excluding carboxylic acids is 2. The van der Waals surface area contributed by atoms with E-state index in [0.717, 1.165) is 22.5 Å². The van der Waals surface area contributed by atoms with Crippen molar-refractivity contribution >= 4 is 72.4 Å². The number of hydrogen-bond donors (Lipinski definition) is 3. The summed E-state index contributed by atoms with van der Waals surface area (Å²) in [5.74, 6) is -1.51. The van der Waals surface area contributed by atoms with Crippen molar-refractivity contribution < 1.29 is 14.0 Å². The number of nitrogens with zero attached hydrogens (tertiary/aromatic N) is 1. The topological polar surface area (TPSA) is 96.6 Å². The Kier molecular flexibility index (Phi) is 7.07. The van der Waals surface area contributed by atoms with Gasteiger partial charge in [-0.1, -0.05) is 72.4 Å². The molecule has 5 rings (SSSR count). The Labute approximate surface area is 225 Å². The Bertz CT molecular complexity index is 1600. The van der Waals surface area contributed by atoms with Gasteiger partial charge in [-0.05, 0) is 51.6 Å². The maximum atomic E-state index is 14.4. The van der Waals surface area contributed by atoms with Crippen LogP contribution in [-0.2, 0) is 9.59 Å². The highest BCUT2D eigenvalue weighted by molar-refractivity contribution is 9.10. The molecule has 0 saturated heterocycles. The molecular weight excluding hydrogens is 555 g/mol. The smallest absolute Gasteiger partial charge is 0.260 e. The Morgan fingerprint density at radius 3 is 2.35 bits per heavy atom. The van der Waals surface area contributed by atoms with Gasteiger partial charge < -0.3 is 16.4 Å². The summed E-state index contributed by atoms with van der Waals surface area (Å²) in [5, 5.41) is 6.75. The van der Waals surface area contributed by atoms with E-state index in [9.17, 15) is 14.0 Å². The fourth-order valence-corrected chi connectivity index (χ4v) is 5.42. The lowest BCUT2D eigenvalue weighted by atomic mass is 10.1. The molecule has 0 fully saturated rings. The number of amides is 2. The van der Waals surface area contributed by atoms with Gasteiger partial charge in [0.25, 0.3) is 5.91 Å². The summed E-state index contributed by atoms with van der Waals surface area (Å²) in [7, 11) is 0. The minimum absolute atomic E-state index is 0.0356. The van der Waals surface area contributed by atoms with Crippen LogP contribution in [-0.4, -0.2) is 22.1 Å². The average molecular weight is 575 g/mol. The molecule has 4 aromatic rings. The number of aliphatic imine (C=N–C) groups is 1. The standard InChI is InChI=1S/C28H20BrFN4O2S/c29-18-11-3-5-13-21(18)33-27(36)25-24(31)23(28(37-25)34-22-14-6-4-12-19(22)30)26(35)32-20-15-7-9-16-8-1-2-10-17(16)20/h1-15,25H,31H2,(H,32,35)(H,33,36).